The number of hydrogen-bond acceptors (Lipinski definition) is 4. The van der Waals surface area contributed by atoms with Crippen molar-refractivity contribution in [3.05, 3.63) is 28.4 Å². The van der Waals surface area contributed by atoms with Gasteiger partial charge in [-0.05, 0) is 18.2 Å². The molecule has 0 bridgehead atoms. The molecule has 2 heterocycles. The lowest BCUT2D eigenvalue weighted by molar-refractivity contribution is 0.412. The van der Waals surface area contributed by atoms with E-state index in [4.69, 9.17) is 27.9 Å². The predicted molar refractivity (Wildman–Crippen MR) is 83.4 cm³/mol. The molecular formula is C14H15Cl2N3O. The molecule has 1 N–H and O–H groups in total. The average Bonchev–Trinajstić information content (AvgIpc) is 2.46. The number of halogens is 2. The van der Waals surface area contributed by atoms with E-state index in [1.54, 1.807) is 7.11 Å². The number of ether oxygens (including phenoxy) is 1. The highest BCUT2D eigenvalue weighted by atomic mass is 35.5. The van der Waals surface area contributed by atoms with E-state index < -0.39 is 0 Å². The van der Waals surface area contributed by atoms with Gasteiger partial charge < -0.3 is 15.0 Å². The van der Waals surface area contributed by atoms with Crippen molar-refractivity contribution < 1.29 is 4.74 Å². The third kappa shape index (κ3) is 2.39. The quantitative estimate of drug-likeness (QED) is 0.865. The van der Waals surface area contributed by atoms with E-state index in [1.165, 1.54) is 0 Å². The number of fused-ring (bicyclic) bond motifs is 1. The summed E-state index contributed by atoms with van der Waals surface area (Å²) in [6.45, 7) is 3.71. The number of anilines is 1. The Morgan fingerprint density at radius 2 is 2.00 bits per heavy atom. The van der Waals surface area contributed by atoms with Crippen molar-refractivity contribution in [1.82, 2.24) is 10.3 Å². The van der Waals surface area contributed by atoms with Crippen molar-refractivity contribution in [2.75, 3.05) is 38.2 Å². The first kappa shape index (κ1) is 13.7. The zero-order chi connectivity index (χ0) is 14.1. The van der Waals surface area contributed by atoms with Crippen LogP contribution in [0.15, 0.2) is 18.2 Å². The summed E-state index contributed by atoms with van der Waals surface area (Å²) in [7, 11) is 1.62. The molecule has 20 heavy (non-hydrogen) atoms. The first-order valence-corrected chi connectivity index (χ1v) is 7.24. The van der Waals surface area contributed by atoms with Crippen LogP contribution in [-0.4, -0.2) is 38.3 Å². The second-order valence-corrected chi connectivity index (χ2v) is 5.48. The summed E-state index contributed by atoms with van der Waals surface area (Å²) in [5, 5.41) is 5.37. The molecule has 2 aromatic rings. The molecule has 106 valence electrons. The van der Waals surface area contributed by atoms with Crippen molar-refractivity contribution in [3.8, 4) is 5.75 Å². The van der Waals surface area contributed by atoms with Gasteiger partial charge in [-0.1, -0.05) is 23.2 Å². The number of hydrogen-bond donors (Lipinski definition) is 1. The third-order valence-electron chi connectivity index (χ3n) is 3.47. The number of rotatable bonds is 2. The molecule has 1 aromatic carbocycles. The second kappa shape index (κ2) is 5.64. The maximum absolute atomic E-state index is 6.26. The highest BCUT2D eigenvalue weighted by molar-refractivity contribution is 6.33. The maximum atomic E-state index is 6.26. The van der Waals surface area contributed by atoms with Crippen LogP contribution in [0.3, 0.4) is 0 Å². The van der Waals surface area contributed by atoms with Crippen LogP contribution in [0.1, 0.15) is 0 Å². The van der Waals surface area contributed by atoms with Crippen molar-refractivity contribution in [2.45, 2.75) is 0 Å². The average molecular weight is 312 g/mol. The van der Waals surface area contributed by atoms with Crippen molar-refractivity contribution in [1.29, 1.82) is 0 Å². The Hall–Kier alpha value is -1.23. The topological polar surface area (TPSA) is 37.4 Å². The minimum absolute atomic E-state index is 0.371. The standard InChI is InChI=1S/C14H15Cl2N3O/c1-20-13-12(19-6-4-17-5-7-19)10-3-2-9(15)8-11(10)18-14(13)16/h2-3,8,17H,4-7H2,1H3. The van der Waals surface area contributed by atoms with Crippen LogP contribution in [0.5, 0.6) is 5.75 Å². The van der Waals surface area contributed by atoms with Crippen LogP contribution in [0, 0.1) is 0 Å². The molecule has 0 spiro atoms. The van der Waals surface area contributed by atoms with Gasteiger partial charge in [-0.3, -0.25) is 0 Å². The van der Waals surface area contributed by atoms with Gasteiger partial charge in [0.05, 0.1) is 18.3 Å². The molecule has 3 rings (SSSR count). The molecule has 0 atom stereocenters. The fourth-order valence-electron chi connectivity index (χ4n) is 2.56. The van der Waals surface area contributed by atoms with E-state index in [1.807, 2.05) is 18.2 Å². The molecule has 6 heteroatoms. The molecule has 0 amide bonds. The van der Waals surface area contributed by atoms with E-state index in [9.17, 15) is 0 Å². The molecule has 1 aromatic heterocycles. The van der Waals surface area contributed by atoms with Crippen LogP contribution >= 0.6 is 23.2 Å². The van der Waals surface area contributed by atoms with Crippen LogP contribution in [0.25, 0.3) is 10.9 Å². The van der Waals surface area contributed by atoms with E-state index >= 15 is 0 Å². The Kier molecular flexibility index (Phi) is 3.87. The van der Waals surface area contributed by atoms with Crippen LogP contribution in [0.4, 0.5) is 5.69 Å². The summed E-state index contributed by atoms with van der Waals surface area (Å²) in [6.07, 6.45) is 0. The SMILES string of the molecule is COc1c(Cl)nc2cc(Cl)ccc2c1N1CCNCC1. The van der Waals surface area contributed by atoms with E-state index in [0.29, 0.717) is 15.9 Å². The molecular weight excluding hydrogens is 297 g/mol. The van der Waals surface area contributed by atoms with Crippen LogP contribution in [0.2, 0.25) is 10.2 Å². The van der Waals surface area contributed by atoms with Crippen LogP contribution in [-0.2, 0) is 0 Å². The Balaban J connectivity index is 2.24. The first-order chi connectivity index (χ1) is 9.70. The fourth-order valence-corrected chi connectivity index (χ4v) is 2.98. The molecule has 1 fully saturated rings. The lowest BCUT2D eigenvalue weighted by Gasteiger charge is -2.31. The Bertz CT molecular complexity index is 642. The number of nitrogens with one attached hydrogen (secondary N) is 1. The highest BCUT2D eigenvalue weighted by Crippen LogP contribution is 2.40. The third-order valence-corrected chi connectivity index (χ3v) is 3.96. The fraction of sp³-hybridized carbons (Fsp3) is 0.357. The zero-order valence-corrected chi connectivity index (χ0v) is 12.6. The van der Waals surface area contributed by atoms with Gasteiger partial charge in [0.15, 0.2) is 10.9 Å². The molecule has 0 saturated carbocycles. The van der Waals surface area contributed by atoms with Crippen LogP contribution < -0.4 is 15.0 Å². The lowest BCUT2D eigenvalue weighted by Crippen LogP contribution is -2.43. The number of benzene rings is 1. The predicted octanol–water partition coefficient (Wildman–Crippen LogP) is 2.96. The minimum Gasteiger partial charge on any atom is -0.491 e. The van der Waals surface area contributed by atoms with Gasteiger partial charge in [0.25, 0.3) is 0 Å². The number of methoxy groups -OCH3 is 1. The molecule has 0 unspecified atom stereocenters. The van der Waals surface area contributed by atoms with Gasteiger partial charge in [0.2, 0.25) is 0 Å². The highest BCUT2D eigenvalue weighted by Gasteiger charge is 2.21. The van der Waals surface area contributed by atoms with Gasteiger partial charge in [-0.25, -0.2) is 4.98 Å². The smallest absolute Gasteiger partial charge is 0.180 e. The van der Waals surface area contributed by atoms with E-state index in [-0.39, 0.29) is 0 Å². The summed E-state index contributed by atoms with van der Waals surface area (Å²) in [6, 6.07) is 5.67. The number of nitrogens with zero attached hydrogens (tertiary/aromatic N) is 2. The van der Waals surface area contributed by atoms with E-state index in [0.717, 1.165) is 42.8 Å². The molecule has 1 saturated heterocycles. The van der Waals surface area contributed by atoms with Gasteiger partial charge in [-0.2, -0.15) is 0 Å². The second-order valence-electron chi connectivity index (χ2n) is 4.68. The van der Waals surface area contributed by atoms with Gasteiger partial charge in [0, 0.05) is 36.6 Å². The lowest BCUT2D eigenvalue weighted by atomic mass is 10.1. The summed E-state index contributed by atoms with van der Waals surface area (Å²) in [5.74, 6) is 0.628. The zero-order valence-electron chi connectivity index (χ0n) is 11.1. The Morgan fingerprint density at radius 1 is 1.25 bits per heavy atom. The Morgan fingerprint density at radius 3 is 2.70 bits per heavy atom. The minimum atomic E-state index is 0.371. The van der Waals surface area contributed by atoms with Crippen molar-refractivity contribution >= 4 is 39.8 Å². The summed E-state index contributed by atoms with van der Waals surface area (Å²) in [4.78, 5) is 6.65. The number of aromatic nitrogens is 1. The van der Waals surface area contributed by atoms with Crippen molar-refractivity contribution in [2.24, 2.45) is 0 Å². The molecule has 0 radical (unpaired) electrons. The normalized spacial score (nSPS) is 15.7. The summed E-state index contributed by atoms with van der Waals surface area (Å²) in [5.41, 5.74) is 1.79. The summed E-state index contributed by atoms with van der Waals surface area (Å²) >= 11 is 12.3. The maximum Gasteiger partial charge on any atom is 0.180 e. The first-order valence-electron chi connectivity index (χ1n) is 6.49. The number of piperazine rings is 1. The molecule has 0 aliphatic carbocycles. The number of pyridine rings is 1. The largest absolute Gasteiger partial charge is 0.491 e. The van der Waals surface area contributed by atoms with Gasteiger partial charge in [-0.15, -0.1) is 0 Å². The van der Waals surface area contributed by atoms with Gasteiger partial charge in [0.1, 0.15) is 0 Å². The van der Waals surface area contributed by atoms with E-state index in [2.05, 4.69) is 15.2 Å². The Labute approximate surface area is 127 Å². The monoisotopic (exact) mass is 311 g/mol. The molecule has 1 aliphatic heterocycles. The summed E-state index contributed by atoms with van der Waals surface area (Å²) < 4.78 is 5.48. The van der Waals surface area contributed by atoms with Gasteiger partial charge >= 0.3 is 0 Å². The molecule has 1 aliphatic rings. The van der Waals surface area contributed by atoms with Crippen molar-refractivity contribution in [3.63, 3.8) is 0 Å². The molecule has 4 nitrogen and oxygen atoms in total.